The average molecular weight is 288 g/mol. The van der Waals surface area contributed by atoms with E-state index in [0.717, 1.165) is 43.9 Å². The Morgan fingerprint density at radius 2 is 2.05 bits per heavy atom. The molecule has 0 aliphatic heterocycles. The number of benzene rings is 1. The Morgan fingerprint density at radius 3 is 2.76 bits per heavy atom. The summed E-state index contributed by atoms with van der Waals surface area (Å²) in [6, 6.07) is 6.09. The summed E-state index contributed by atoms with van der Waals surface area (Å²) in [5.74, 6) is 0.720. The number of carbonyl (C=O) groups is 1. The van der Waals surface area contributed by atoms with Gasteiger partial charge in [-0.1, -0.05) is 31.4 Å². The molecular formula is C18H28N2O. The van der Waals surface area contributed by atoms with Crippen molar-refractivity contribution in [1.82, 2.24) is 4.90 Å². The van der Waals surface area contributed by atoms with E-state index in [9.17, 15) is 4.79 Å². The third-order valence-electron chi connectivity index (χ3n) is 4.75. The normalized spacial score (nSPS) is 15.9. The first-order chi connectivity index (χ1) is 10.2. The molecule has 1 aliphatic rings. The summed E-state index contributed by atoms with van der Waals surface area (Å²) in [7, 11) is 0. The zero-order chi connectivity index (χ0) is 15.1. The summed E-state index contributed by atoms with van der Waals surface area (Å²) in [5.41, 5.74) is 9.29. The fraction of sp³-hybridized carbons (Fsp3) is 0.611. The molecular weight excluding hydrogens is 260 g/mol. The van der Waals surface area contributed by atoms with Gasteiger partial charge in [0.15, 0.2) is 0 Å². The molecule has 21 heavy (non-hydrogen) atoms. The molecule has 0 bridgehead atoms. The second-order valence-corrected chi connectivity index (χ2v) is 6.34. The van der Waals surface area contributed by atoms with Crippen LogP contribution in [0.1, 0.15) is 49.7 Å². The SMILES string of the molecule is Cc1c(N)cccc1CCCN(C=O)CC1CCCCC1. The van der Waals surface area contributed by atoms with Gasteiger partial charge in [-0.3, -0.25) is 4.79 Å². The second kappa shape index (κ2) is 8.06. The third kappa shape index (κ3) is 4.76. The first-order valence-electron chi connectivity index (χ1n) is 8.24. The molecule has 1 aromatic carbocycles. The van der Waals surface area contributed by atoms with E-state index in [-0.39, 0.29) is 0 Å². The molecule has 1 aromatic rings. The molecule has 1 saturated carbocycles. The maximum atomic E-state index is 11.2. The molecule has 1 aliphatic carbocycles. The highest BCUT2D eigenvalue weighted by atomic mass is 16.1. The lowest BCUT2D eigenvalue weighted by Gasteiger charge is -2.27. The van der Waals surface area contributed by atoms with Gasteiger partial charge in [0, 0.05) is 18.8 Å². The van der Waals surface area contributed by atoms with E-state index >= 15 is 0 Å². The molecule has 0 atom stereocenters. The number of carbonyl (C=O) groups excluding carboxylic acids is 1. The highest BCUT2D eigenvalue weighted by molar-refractivity contribution is 5.50. The van der Waals surface area contributed by atoms with Gasteiger partial charge in [0.2, 0.25) is 6.41 Å². The molecule has 116 valence electrons. The fourth-order valence-electron chi connectivity index (χ4n) is 3.34. The lowest BCUT2D eigenvalue weighted by Crippen LogP contribution is -2.30. The summed E-state index contributed by atoms with van der Waals surface area (Å²) >= 11 is 0. The molecule has 0 saturated heterocycles. The number of nitrogen functional groups attached to an aromatic ring is 1. The van der Waals surface area contributed by atoms with Gasteiger partial charge < -0.3 is 10.6 Å². The molecule has 0 unspecified atom stereocenters. The highest BCUT2D eigenvalue weighted by Gasteiger charge is 2.16. The predicted molar refractivity (Wildman–Crippen MR) is 88.1 cm³/mol. The van der Waals surface area contributed by atoms with Crippen molar-refractivity contribution in [3.63, 3.8) is 0 Å². The van der Waals surface area contributed by atoms with E-state index in [2.05, 4.69) is 13.0 Å². The summed E-state index contributed by atoms with van der Waals surface area (Å²) in [4.78, 5) is 13.2. The molecule has 3 nitrogen and oxygen atoms in total. The predicted octanol–water partition coefficient (Wildman–Crippen LogP) is 3.55. The number of hydrogen-bond acceptors (Lipinski definition) is 2. The van der Waals surface area contributed by atoms with Crippen molar-refractivity contribution in [1.29, 1.82) is 0 Å². The number of nitrogens with zero attached hydrogens (tertiary/aromatic N) is 1. The van der Waals surface area contributed by atoms with Crippen LogP contribution in [-0.4, -0.2) is 24.4 Å². The van der Waals surface area contributed by atoms with Crippen LogP contribution in [0, 0.1) is 12.8 Å². The Kier molecular flexibility index (Phi) is 6.09. The molecule has 2 rings (SSSR count). The zero-order valence-corrected chi connectivity index (χ0v) is 13.2. The molecule has 1 fully saturated rings. The van der Waals surface area contributed by atoms with E-state index in [0.29, 0.717) is 0 Å². The standard InChI is InChI=1S/C18H28N2O/c1-15-17(9-5-11-18(15)19)10-6-12-20(14-21)13-16-7-3-2-4-8-16/h5,9,11,14,16H,2-4,6-8,10,12-13,19H2,1H3. The number of amides is 1. The van der Waals surface area contributed by atoms with Crippen LogP contribution in [0.2, 0.25) is 0 Å². The van der Waals surface area contributed by atoms with Crippen molar-refractivity contribution in [2.24, 2.45) is 5.92 Å². The van der Waals surface area contributed by atoms with Crippen LogP contribution in [0.5, 0.6) is 0 Å². The monoisotopic (exact) mass is 288 g/mol. The first-order valence-corrected chi connectivity index (χ1v) is 8.24. The number of rotatable bonds is 7. The minimum absolute atomic E-state index is 0.720. The van der Waals surface area contributed by atoms with Crippen LogP contribution in [-0.2, 0) is 11.2 Å². The number of nitrogens with two attached hydrogens (primary N) is 1. The van der Waals surface area contributed by atoms with Crippen LogP contribution < -0.4 is 5.73 Å². The molecule has 0 spiro atoms. The van der Waals surface area contributed by atoms with Crippen molar-refractivity contribution in [2.75, 3.05) is 18.8 Å². The topological polar surface area (TPSA) is 46.3 Å². The average Bonchev–Trinajstić information content (AvgIpc) is 2.51. The second-order valence-electron chi connectivity index (χ2n) is 6.34. The van der Waals surface area contributed by atoms with Crippen molar-refractivity contribution in [2.45, 2.75) is 51.9 Å². The number of aryl methyl sites for hydroxylation is 1. The summed E-state index contributed by atoms with van der Waals surface area (Å²) in [6.07, 6.45) is 9.64. The Balaban J connectivity index is 1.77. The maximum Gasteiger partial charge on any atom is 0.209 e. The lowest BCUT2D eigenvalue weighted by atomic mass is 9.89. The van der Waals surface area contributed by atoms with Gasteiger partial charge in [-0.15, -0.1) is 0 Å². The minimum atomic E-state index is 0.720. The summed E-state index contributed by atoms with van der Waals surface area (Å²) < 4.78 is 0. The van der Waals surface area contributed by atoms with Gasteiger partial charge in [-0.2, -0.15) is 0 Å². The van der Waals surface area contributed by atoms with Gasteiger partial charge in [0.05, 0.1) is 0 Å². The van der Waals surface area contributed by atoms with Gasteiger partial charge in [-0.25, -0.2) is 0 Å². The number of anilines is 1. The van der Waals surface area contributed by atoms with E-state index in [1.54, 1.807) is 0 Å². The Bertz CT molecular complexity index is 453. The third-order valence-corrected chi connectivity index (χ3v) is 4.75. The van der Waals surface area contributed by atoms with E-state index in [4.69, 9.17) is 5.73 Å². The van der Waals surface area contributed by atoms with Gasteiger partial charge >= 0.3 is 0 Å². The zero-order valence-electron chi connectivity index (χ0n) is 13.2. The largest absolute Gasteiger partial charge is 0.399 e. The smallest absolute Gasteiger partial charge is 0.209 e. The molecule has 1 amide bonds. The molecule has 3 heteroatoms. The van der Waals surface area contributed by atoms with Crippen LogP contribution in [0.15, 0.2) is 18.2 Å². The van der Waals surface area contributed by atoms with Gasteiger partial charge in [-0.05, 0) is 55.7 Å². The van der Waals surface area contributed by atoms with Crippen molar-refractivity contribution < 1.29 is 4.79 Å². The van der Waals surface area contributed by atoms with E-state index in [1.165, 1.54) is 43.2 Å². The summed E-state index contributed by atoms with van der Waals surface area (Å²) in [6.45, 7) is 3.87. The molecule has 2 N–H and O–H groups in total. The maximum absolute atomic E-state index is 11.2. The van der Waals surface area contributed by atoms with Crippen molar-refractivity contribution in [3.05, 3.63) is 29.3 Å². The van der Waals surface area contributed by atoms with Crippen molar-refractivity contribution >= 4 is 12.1 Å². The van der Waals surface area contributed by atoms with Gasteiger partial charge in [0.1, 0.15) is 0 Å². The molecule has 0 radical (unpaired) electrons. The molecule has 0 aromatic heterocycles. The summed E-state index contributed by atoms with van der Waals surface area (Å²) in [5, 5.41) is 0. The Hall–Kier alpha value is -1.51. The van der Waals surface area contributed by atoms with E-state index in [1.807, 2.05) is 17.0 Å². The van der Waals surface area contributed by atoms with Gasteiger partial charge in [0.25, 0.3) is 0 Å². The lowest BCUT2D eigenvalue weighted by molar-refractivity contribution is -0.118. The molecule has 0 heterocycles. The highest BCUT2D eigenvalue weighted by Crippen LogP contribution is 2.24. The van der Waals surface area contributed by atoms with Crippen LogP contribution in [0.25, 0.3) is 0 Å². The van der Waals surface area contributed by atoms with Crippen molar-refractivity contribution in [3.8, 4) is 0 Å². The van der Waals surface area contributed by atoms with E-state index < -0.39 is 0 Å². The minimum Gasteiger partial charge on any atom is -0.399 e. The first kappa shape index (κ1) is 15.9. The van der Waals surface area contributed by atoms with Crippen LogP contribution in [0.3, 0.4) is 0 Å². The quantitative estimate of drug-likeness (QED) is 0.616. The van der Waals surface area contributed by atoms with Crippen LogP contribution >= 0.6 is 0 Å². The van der Waals surface area contributed by atoms with Crippen LogP contribution in [0.4, 0.5) is 5.69 Å². The Labute approximate surface area is 128 Å². The fourth-order valence-corrected chi connectivity index (χ4v) is 3.34. The Morgan fingerprint density at radius 1 is 1.29 bits per heavy atom. The number of hydrogen-bond donors (Lipinski definition) is 1.